The van der Waals surface area contributed by atoms with E-state index in [4.69, 9.17) is 4.74 Å². The zero-order chi connectivity index (χ0) is 9.10. The predicted octanol–water partition coefficient (Wildman–Crippen LogP) is 1.31. The first-order valence-electron chi connectivity index (χ1n) is 4.42. The van der Waals surface area contributed by atoms with Gasteiger partial charge in [0.1, 0.15) is 5.82 Å². The maximum atomic E-state index is 13.1. The van der Waals surface area contributed by atoms with Crippen LogP contribution in [0.1, 0.15) is 5.56 Å². The highest BCUT2D eigenvalue weighted by Crippen LogP contribution is 2.10. The molecular weight excluding hydrogens is 169 g/mol. The minimum atomic E-state index is -0.185. The molecule has 0 aromatic heterocycles. The van der Waals surface area contributed by atoms with Crippen molar-refractivity contribution in [3.05, 3.63) is 35.6 Å². The third kappa shape index (κ3) is 2.05. The largest absolute Gasteiger partial charge is 0.371 e. The first-order chi connectivity index (χ1) is 6.36. The fraction of sp³-hybridized carbons (Fsp3) is 0.400. The molecule has 0 spiro atoms. The third-order valence-corrected chi connectivity index (χ3v) is 2.18. The zero-order valence-electron chi connectivity index (χ0n) is 7.29. The molecule has 0 radical (unpaired) electrons. The van der Waals surface area contributed by atoms with Crippen molar-refractivity contribution in [2.45, 2.75) is 12.7 Å². The Bertz CT molecular complexity index is 286. The number of benzene rings is 1. The lowest BCUT2D eigenvalue weighted by Crippen LogP contribution is -2.48. The smallest absolute Gasteiger partial charge is 0.128 e. The van der Waals surface area contributed by atoms with E-state index >= 15 is 0 Å². The van der Waals surface area contributed by atoms with E-state index in [-0.39, 0.29) is 11.9 Å². The van der Waals surface area contributed by atoms with Gasteiger partial charge in [-0.1, -0.05) is 18.2 Å². The molecule has 2 nitrogen and oxygen atoms in total. The van der Waals surface area contributed by atoms with Crippen LogP contribution in [-0.4, -0.2) is 19.2 Å². The van der Waals surface area contributed by atoms with Gasteiger partial charge in [0, 0.05) is 18.7 Å². The van der Waals surface area contributed by atoms with Crippen molar-refractivity contribution in [1.82, 2.24) is 5.32 Å². The van der Waals surface area contributed by atoms with Gasteiger partial charge in [-0.3, -0.25) is 0 Å². The van der Waals surface area contributed by atoms with E-state index in [1.165, 1.54) is 6.07 Å². The van der Waals surface area contributed by atoms with Crippen molar-refractivity contribution in [2.75, 3.05) is 13.1 Å². The van der Waals surface area contributed by atoms with Crippen LogP contribution in [0.4, 0.5) is 4.39 Å². The van der Waals surface area contributed by atoms with Gasteiger partial charge >= 0.3 is 0 Å². The van der Waals surface area contributed by atoms with E-state index in [2.05, 4.69) is 5.32 Å². The Morgan fingerprint density at radius 2 is 2.15 bits per heavy atom. The lowest BCUT2D eigenvalue weighted by atomic mass is 10.2. The van der Waals surface area contributed by atoms with Crippen molar-refractivity contribution < 1.29 is 9.13 Å². The van der Waals surface area contributed by atoms with Crippen LogP contribution in [-0.2, 0) is 11.3 Å². The molecule has 1 saturated heterocycles. The summed E-state index contributed by atoms with van der Waals surface area (Å²) in [5.41, 5.74) is 0.634. The molecule has 70 valence electrons. The number of ether oxygens (including phenoxy) is 1. The molecule has 3 heteroatoms. The quantitative estimate of drug-likeness (QED) is 0.759. The predicted molar refractivity (Wildman–Crippen MR) is 47.8 cm³/mol. The molecular formula is C10H12FNO. The van der Waals surface area contributed by atoms with Gasteiger partial charge < -0.3 is 10.1 Å². The van der Waals surface area contributed by atoms with Gasteiger partial charge in [-0.05, 0) is 6.07 Å². The summed E-state index contributed by atoms with van der Waals surface area (Å²) in [5, 5.41) is 3.09. The van der Waals surface area contributed by atoms with Crippen molar-refractivity contribution in [1.29, 1.82) is 0 Å². The number of hydrogen-bond donors (Lipinski definition) is 1. The molecule has 1 fully saturated rings. The number of nitrogens with one attached hydrogen (secondary N) is 1. The lowest BCUT2D eigenvalue weighted by Gasteiger charge is -2.27. The zero-order valence-corrected chi connectivity index (χ0v) is 7.29. The van der Waals surface area contributed by atoms with E-state index < -0.39 is 0 Å². The summed E-state index contributed by atoms with van der Waals surface area (Å²) in [5.74, 6) is -0.185. The average Bonchev–Trinajstić information content (AvgIpc) is 2.05. The Hall–Kier alpha value is -0.930. The topological polar surface area (TPSA) is 21.3 Å². The molecule has 1 N–H and O–H groups in total. The van der Waals surface area contributed by atoms with E-state index in [0.717, 1.165) is 13.1 Å². The van der Waals surface area contributed by atoms with Gasteiger partial charge in [0.15, 0.2) is 0 Å². The molecule has 1 aliphatic rings. The fourth-order valence-corrected chi connectivity index (χ4v) is 1.20. The highest BCUT2D eigenvalue weighted by Gasteiger charge is 2.17. The Morgan fingerprint density at radius 1 is 1.38 bits per heavy atom. The minimum Gasteiger partial charge on any atom is -0.371 e. The second-order valence-electron chi connectivity index (χ2n) is 3.18. The second-order valence-corrected chi connectivity index (χ2v) is 3.18. The molecule has 2 rings (SSSR count). The molecule has 0 saturated carbocycles. The maximum absolute atomic E-state index is 13.1. The van der Waals surface area contributed by atoms with Gasteiger partial charge in [-0.25, -0.2) is 4.39 Å². The molecule has 0 aliphatic carbocycles. The fourth-order valence-electron chi connectivity index (χ4n) is 1.20. The monoisotopic (exact) mass is 181 g/mol. The summed E-state index contributed by atoms with van der Waals surface area (Å²) < 4.78 is 18.5. The van der Waals surface area contributed by atoms with Gasteiger partial charge in [0.2, 0.25) is 0 Å². The van der Waals surface area contributed by atoms with E-state index in [1.807, 2.05) is 6.07 Å². The summed E-state index contributed by atoms with van der Waals surface area (Å²) in [7, 11) is 0. The number of halogens is 1. The first-order valence-corrected chi connectivity index (χ1v) is 4.42. The molecule has 1 aromatic rings. The number of rotatable bonds is 3. The molecule has 0 unspecified atom stereocenters. The van der Waals surface area contributed by atoms with E-state index in [1.54, 1.807) is 12.1 Å². The molecule has 1 aliphatic heterocycles. The Labute approximate surface area is 76.7 Å². The molecule has 0 bridgehead atoms. The molecule has 0 atom stereocenters. The molecule has 1 aromatic carbocycles. The summed E-state index contributed by atoms with van der Waals surface area (Å²) in [6.45, 7) is 2.14. The summed E-state index contributed by atoms with van der Waals surface area (Å²) in [6.07, 6.45) is 0.264. The van der Waals surface area contributed by atoms with Crippen LogP contribution in [0.3, 0.4) is 0 Å². The van der Waals surface area contributed by atoms with Gasteiger partial charge in [-0.15, -0.1) is 0 Å². The summed E-state index contributed by atoms with van der Waals surface area (Å²) in [4.78, 5) is 0. The van der Waals surface area contributed by atoms with Crippen molar-refractivity contribution in [3.8, 4) is 0 Å². The van der Waals surface area contributed by atoms with Crippen LogP contribution in [0.25, 0.3) is 0 Å². The summed E-state index contributed by atoms with van der Waals surface area (Å²) in [6, 6.07) is 6.71. The van der Waals surface area contributed by atoms with Crippen LogP contribution in [0.5, 0.6) is 0 Å². The van der Waals surface area contributed by atoms with Crippen molar-refractivity contribution in [3.63, 3.8) is 0 Å². The second kappa shape index (κ2) is 3.85. The van der Waals surface area contributed by atoms with Crippen LogP contribution >= 0.6 is 0 Å². The van der Waals surface area contributed by atoms with Gasteiger partial charge in [-0.2, -0.15) is 0 Å². The maximum Gasteiger partial charge on any atom is 0.128 e. The lowest BCUT2D eigenvalue weighted by molar-refractivity contribution is 0.00638. The van der Waals surface area contributed by atoms with Crippen LogP contribution in [0.15, 0.2) is 24.3 Å². The van der Waals surface area contributed by atoms with Gasteiger partial charge in [0.25, 0.3) is 0 Å². The average molecular weight is 181 g/mol. The SMILES string of the molecule is Fc1ccccc1COC1CNC1. The van der Waals surface area contributed by atoms with Crippen LogP contribution in [0, 0.1) is 5.82 Å². The minimum absolute atomic E-state index is 0.185. The van der Waals surface area contributed by atoms with Gasteiger partial charge in [0.05, 0.1) is 12.7 Å². The summed E-state index contributed by atoms with van der Waals surface area (Å²) >= 11 is 0. The van der Waals surface area contributed by atoms with E-state index in [0.29, 0.717) is 12.2 Å². The molecule has 1 heterocycles. The first kappa shape index (κ1) is 8.66. The number of hydrogen-bond acceptors (Lipinski definition) is 2. The Morgan fingerprint density at radius 3 is 2.77 bits per heavy atom. The van der Waals surface area contributed by atoms with Crippen molar-refractivity contribution in [2.24, 2.45) is 0 Å². The highest BCUT2D eigenvalue weighted by molar-refractivity contribution is 5.16. The normalized spacial score (nSPS) is 17.0. The Balaban J connectivity index is 1.89. The van der Waals surface area contributed by atoms with E-state index in [9.17, 15) is 4.39 Å². The van der Waals surface area contributed by atoms with Crippen molar-refractivity contribution >= 4 is 0 Å². The Kier molecular flexibility index (Phi) is 2.57. The standard InChI is InChI=1S/C10H12FNO/c11-10-4-2-1-3-8(10)7-13-9-5-12-6-9/h1-4,9,12H,5-7H2. The van der Waals surface area contributed by atoms with Crippen LogP contribution in [0.2, 0.25) is 0 Å². The molecule has 0 amide bonds. The van der Waals surface area contributed by atoms with Crippen LogP contribution < -0.4 is 5.32 Å². The molecule has 13 heavy (non-hydrogen) atoms. The highest BCUT2D eigenvalue weighted by atomic mass is 19.1. The third-order valence-electron chi connectivity index (χ3n) is 2.18.